The number of hydrogen-bond donors (Lipinski definition) is 2. The fraction of sp³-hybridized carbons (Fsp3) is 0.182. The number of H-pyrrole nitrogens is 1. The van der Waals surface area contributed by atoms with E-state index in [1.807, 2.05) is 4.72 Å². The van der Waals surface area contributed by atoms with Crippen molar-refractivity contribution in [2.24, 2.45) is 0 Å². The Morgan fingerprint density at radius 2 is 1.86 bits per heavy atom. The molecule has 0 saturated heterocycles. The zero-order valence-corrected chi connectivity index (χ0v) is 12.1. The van der Waals surface area contributed by atoms with Gasteiger partial charge >= 0.3 is 11.0 Å². The molecule has 0 radical (unpaired) electrons. The van der Waals surface area contributed by atoms with Gasteiger partial charge in [-0.3, -0.25) is 9.52 Å². The predicted molar refractivity (Wildman–Crippen MR) is 71.9 cm³/mol. The molecule has 0 saturated carbocycles. The van der Waals surface area contributed by atoms with Crippen molar-refractivity contribution >= 4 is 27.0 Å². The number of alkyl halides is 3. The second kappa shape index (κ2) is 5.19. The molecule has 1 heterocycles. The number of nitrogens with one attached hydrogen (secondary N) is 2. The largest absolute Gasteiger partial charge is 0.418 e. The Labute approximate surface area is 121 Å². The molecule has 0 spiro atoms. The van der Waals surface area contributed by atoms with Gasteiger partial charge in [0.1, 0.15) is 0 Å². The lowest BCUT2D eigenvalue weighted by atomic mass is 10.2. The van der Waals surface area contributed by atoms with E-state index in [0.717, 1.165) is 18.2 Å². The molecule has 0 aliphatic carbocycles. The number of hydrogen-bond acceptors (Lipinski definition) is 4. The fourth-order valence-corrected chi connectivity index (χ4v) is 4.04. The van der Waals surface area contributed by atoms with Crippen molar-refractivity contribution in [1.82, 2.24) is 4.98 Å². The lowest BCUT2D eigenvalue weighted by Crippen LogP contribution is -2.17. The number of aromatic nitrogens is 1. The van der Waals surface area contributed by atoms with Gasteiger partial charge in [0.25, 0.3) is 10.0 Å². The van der Waals surface area contributed by atoms with Gasteiger partial charge in [-0.25, -0.2) is 8.42 Å². The molecular formula is C11H9F3N2O3S2. The molecule has 0 fully saturated rings. The molecule has 2 N–H and O–H groups in total. The van der Waals surface area contributed by atoms with Crippen LogP contribution in [0, 0.1) is 6.92 Å². The summed E-state index contributed by atoms with van der Waals surface area (Å²) >= 11 is 0.411. The number of halogens is 3. The number of anilines is 1. The van der Waals surface area contributed by atoms with E-state index in [1.54, 1.807) is 0 Å². The highest BCUT2D eigenvalue weighted by molar-refractivity contribution is 7.94. The highest BCUT2D eigenvalue weighted by Crippen LogP contribution is 2.35. The monoisotopic (exact) mass is 338 g/mol. The van der Waals surface area contributed by atoms with Crippen LogP contribution >= 0.6 is 11.3 Å². The first-order valence-electron chi connectivity index (χ1n) is 5.50. The van der Waals surface area contributed by atoms with Crippen LogP contribution in [0.4, 0.5) is 18.9 Å². The highest BCUT2D eigenvalue weighted by Gasteiger charge is 2.34. The maximum Gasteiger partial charge on any atom is 0.418 e. The number of aromatic amines is 1. The van der Waals surface area contributed by atoms with Gasteiger partial charge in [-0.05, 0) is 19.1 Å². The Kier molecular flexibility index (Phi) is 3.85. The third-order valence-corrected chi connectivity index (χ3v) is 5.47. The van der Waals surface area contributed by atoms with Crippen molar-refractivity contribution in [3.8, 4) is 0 Å². The standard InChI is InChI=1S/C11H9F3N2O3S2/c1-6-9(20-10(17)15-6)21(18,19)16-8-5-3-2-4-7(8)11(12,13)14/h2-5,16H,1H3,(H,15,17). The van der Waals surface area contributed by atoms with E-state index in [2.05, 4.69) is 4.98 Å². The van der Waals surface area contributed by atoms with E-state index in [4.69, 9.17) is 0 Å². The fourth-order valence-electron chi connectivity index (χ4n) is 1.66. The van der Waals surface area contributed by atoms with Gasteiger partial charge in [0.15, 0.2) is 4.21 Å². The smallest absolute Gasteiger partial charge is 0.315 e. The molecule has 0 atom stereocenters. The van der Waals surface area contributed by atoms with Crippen molar-refractivity contribution in [3.63, 3.8) is 0 Å². The second-order valence-electron chi connectivity index (χ2n) is 4.08. The maximum atomic E-state index is 12.8. The Balaban J connectivity index is 2.48. The molecule has 2 aromatic rings. The normalized spacial score (nSPS) is 12.4. The van der Waals surface area contributed by atoms with E-state index >= 15 is 0 Å². The zero-order valence-electron chi connectivity index (χ0n) is 10.5. The lowest BCUT2D eigenvalue weighted by molar-refractivity contribution is -0.136. The maximum absolute atomic E-state index is 12.8. The minimum Gasteiger partial charge on any atom is -0.315 e. The number of aryl methyl sites for hydroxylation is 1. The van der Waals surface area contributed by atoms with Gasteiger partial charge in [-0.1, -0.05) is 23.5 Å². The second-order valence-corrected chi connectivity index (χ2v) is 6.94. The average molecular weight is 338 g/mol. The molecule has 0 bridgehead atoms. The number of para-hydroxylation sites is 1. The first kappa shape index (κ1) is 15.6. The van der Waals surface area contributed by atoms with Crippen LogP contribution in [0.2, 0.25) is 0 Å². The number of sulfonamides is 1. The van der Waals surface area contributed by atoms with Crippen LogP contribution in [-0.4, -0.2) is 13.4 Å². The summed E-state index contributed by atoms with van der Waals surface area (Å²) in [5, 5.41) is 0. The molecular weight excluding hydrogens is 329 g/mol. The summed E-state index contributed by atoms with van der Waals surface area (Å²) in [5.41, 5.74) is -1.62. The minimum atomic E-state index is -4.70. The minimum absolute atomic E-state index is 0.0713. The summed E-state index contributed by atoms with van der Waals surface area (Å²) in [6.45, 7) is 1.35. The molecule has 0 unspecified atom stereocenters. The third-order valence-electron chi connectivity index (χ3n) is 2.50. The number of benzene rings is 1. The summed E-state index contributed by atoms with van der Waals surface area (Å²) in [6.07, 6.45) is -4.70. The lowest BCUT2D eigenvalue weighted by Gasteiger charge is -2.14. The van der Waals surface area contributed by atoms with Crippen LogP contribution in [0.1, 0.15) is 11.3 Å². The van der Waals surface area contributed by atoms with Gasteiger partial charge in [0.2, 0.25) is 0 Å². The summed E-state index contributed by atoms with van der Waals surface area (Å²) in [5.74, 6) is 0. The van der Waals surface area contributed by atoms with Crippen LogP contribution in [0.15, 0.2) is 33.3 Å². The first-order chi connectivity index (χ1) is 9.61. The van der Waals surface area contributed by atoms with Crippen molar-refractivity contribution in [2.45, 2.75) is 17.3 Å². The van der Waals surface area contributed by atoms with Crippen LogP contribution in [0.5, 0.6) is 0 Å². The van der Waals surface area contributed by atoms with Crippen LogP contribution < -0.4 is 9.60 Å². The highest BCUT2D eigenvalue weighted by atomic mass is 32.2. The van der Waals surface area contributed by atoms with Crippen LogP contribution in [-0.2, 0) is 16.2 Å². The summed E-state index contributed by atoms with van der Waals surface area (Å²) < 4.78 is 64.2. The van der Waals surface area contributed by atoms with Crippen molar-refractivity contribution in [3.05, 3.63) is 45.2 Å². The molecule has 0 aliphatic rings. The zero-order chi connectivity index (χ0) is 15.8. The quantitative estimate of drug-likeness (QED) is 0.903. The van der Waals surface area contributed by atoms with Crippen molar-refractivity contribution < 1.29 is 21.6 Å². The topological polar surface area (TPSA) is 79.0 Å². The molecule has 0 aliphatic heterocycles. The van der Waals surface area contributed by atoms with Gasteiger partial charge in [-0.2, -0.15) is 13.2 Å². The predicted octanol–water partition coefficient (Wildman–Crippen LogP) is 2.56. The number of rotatable bonds is 3. The summed E-state index contributed by atoms with van der Waals surface area (Å²) in [4.78, 5) is 12.8. The molecule has 10 heteroatoms. The van der Waals surface area contributed by atoms with Gasteiger partial charge in [-0.15, -0.1) is 0 Å². The third kappa shape index (κ3) is 3.27. The Bertz CT molecular complexity index is 822. The van der Waals surface area contributed by atoms with Crippen LogP contribution in [0.3, 0.4) is 0 Å². The first-order valence-corrected chi connectivity index (χ1v) is 7.80. The van der Waals surface area contributed by atoms with Crippen LogP contribution in [0.25, 0.3) is 0 Å². The van der Waals surface area contributed by atoms with Crippen molar-refractivity contribution in [1.29, 1.82) is 0 Å². The average Bonchev–Trinajstić information content (AvgIpc) is 2.68. The van der Waals surface area contributed by atoms with E-state index < -0.39 is 32.3 Å². The molecule has 1 aromatic heterocycles. The van der Waals surface area contributed by atoms with Crippen molar-refractivity contribution in [2.75, 3.05) is 4.72 Å². The Morgan fingerprint density at radius 1 is 1.24 bits per heavy atom. The van der Waals surface area contributed by atoms with Gasteiger partial charge < -0.3 is 4.98 Å². The van der Waals surface area contributed by atoms with E-state index in [-0.39, 0.29) is 9.90 Å². The van der Waals surface area contributed by atoms with E-state index in [0.29, 0.717) is 11.3 Å². The number of thiazole rings is 1. The SMILES string of the molecule is Cc1[nH]c(=O)sc1S(=O)(=O)Nc1ccccc1C(F)(F)F. The molecule has 21 heavy (non-hydrogen) atoms. The van der Waals surface area contributed by atoms with Gasteiger partial charge in [0, 0.05) is 5.69 Å². The molecule has 5 nitrogen and oxygen atoms in total. The molecule has 1 aromatic carbocycles. The molecule has 2 rings (SSSR count). The molecule has 0 amide bonds. The Hall–Kier alpha value is -1.81. The van der Waals surface area contributed by atoms with E-state index in [1.165, 1.54) is 13.0 Å². The Morgan fingerprint density at radius 3 is 2.38 bits per heavy atom. The van der Waals surface area contributed by atoms with E-state index in [9.17, 15) is 26.4 Å². The summed E-state index contributed by atoms with van der Waals surface area (Å²) in [6, 6.07) is 4.20. The summed E-state index contributed by atoms with van der Waals surface area (Å²) in [7, 11) is -4.27. The van der Waals surface area contributed by atoms with Gasteiger partial charge in [0.05, 0.1) is 11.3 Å². The molecule has 114 valence electrons.